The molecule has 3 heteroatoms. The summed E-state index contributed by atoms with van der Waals surface area (Å²) in [4.78, 5) is 11.6. The van der Waals surface area contributed by atoms with E-state index in [0.29, 0.717) is 6.42 Å². The zero-order valence-electron chi connectivity index (χ0n) is 10.3. The molecule has 0 aromatic heterocycles. The molecule has 0 heterocycles. The molecule has 1 amide bonds. The van der Waals surface area contributed by atoms with Crippen molar-refractivity contribution in [3.63, 3.8) is 0 Å². The van der Waals surface area contributed by atoms with E-state index in [-0.39, 0.29) is 18.5 Å². The summed E-state index contributed by atoms with van der Waals surface area (Å²) in [5.41, 5.74) is 1.94. The lowest BCUT2D eigenvalue weighted by molar-refractivity contribution is -0.115. The van der Waals surface area contributed by atoms with Gasteiger partial charge in [0.15, 0.2) is 0 Å². The minimum Gasteiger partial charge on any atom is -0.325 e. The lowest BCUT2D eigenvalue weighted by Crippen LogP contribution is -2.34. The van der Waals surface area contributed by atoms with Gasteiger partial charge in [-0.15, -0.1) is 12.3 Å². The second-order valence-electron chi connectivity index (χ2n) is 4.11. The second kappa shape index (κ2) is 6.72. The maximum absolute atomic E-state index is 11.6. The maximum Gasteiger partial charge on any atom is 0.238 e. The molecule has 17 heavy (non-hydrogen) atoms. The average Bonchev–Trinajstić information content (AvgIpc) is 2.27. The first-order valence-corrected chi connectivity index (χ1v) is 5.65. The largest absolute Gasteiger partial charge is 0.325 e. The molecule has 3 nitrogen and oxygen atoms in total. The monoisotopic (exact) mass is 230 g/mol. The molecular formula is C14H18N2O. The summed E-state index contributed by atoms with van der Waals surface area (Å²) < 4.78 is 0. The van der Waals surface area contributed by atoms with Gasteiger partial charge in [-0.1, -0.05) is 12.1 Å². The number of hydrogen-bond acceptors (Lipinski definition) is 2. The summed E-state index contributed by atoms with van der Waals surface area (Å²) in [5.74, 6) is 2.50. The van der Waals surface area contributed by atoms with Gasteiger partial charge in [0.2, 0.25) is 5.91 Å². The van der Waals surface area contributed by atoms with Gasteiger partial charge in [0.05, 0.1) is 6.54 Å². The fourth-order valence-electron chi connectivity index (χ4n) is 1.44. The van der Waals surface area contributed by atoms with Crippen LogP contribution in [0.1, 0.15) is 18.9 Å². The van der Waals surface area contributed by atoms with Gasteiger partial charge in [-0.3, -0.25) is 4.79 Å². The van der Waals surface area contributed by atoms with Crippen LogP contribution in [0.25, 0.3) is 0 Å². The van der Waals surface area contributed by atoms with Gasteiger partial charge in [-0.2, -0.15) is 0 Å². The summed E-state index contributed by atoms with van der Waals surface area (Å²) in [6.07, 6.45) is 5.81. The zero-order chi connectivity index (χ0) is 12.7. The van der Waals surface area contributed by atoms with Gasteiger partial charge < -0.3 is 10.6 Å². The Labute approximate surface area is 103 Å². The van der Waals surface area contributed by atoms with Crippen LogP contribution in [-0.4, -0.2) is 18.5 Å². The van der Waals surface area contributed by atoms with Crippen LogP contribution in [0, 0.1) is 19.3 Å². The minimum atomic E-state index is -0.0560. The molecule has 0 saturated heterocycles. The van der Waals surface area contributed by atoms with Gasteiger partial charge >= 0.3 is 0 Å². The fraction of sp³-hybridized carbons (Fsp3) is 0.357. The molecular weight excluding hydrogens is 212 g/mol. The summed E-state index contributed by atoms with van der Waals surface area (Å²) in [7, 11) is 0. The number of carbonyl (C=O) groups excluding carboxylic acids is 1. The summed E-state index contributed by atoms with van der Waals surface area (Å²) in [6.45, 7) is 4.22. The predicted molar refractivity (Wildman–Crippen MR) is 70.7 cm³/mol. The molecule has 1 aromatic carbocycles. The van der Waals surface area contributed by atoms with Crippen molar-refractivity contribution in [2.24, 2.45) is 0 Å². The molecule has 2 N–H and O–H groups in total. The number of nitrogens with one attached hydrogen (secondary N) is 2. The second-order valence-corrected chi connectivity index (χ2v) is 4.11. The molecule has 0 aliphatic heterocycles. The quantitative estimate of drug-likeness (QED) is 0.759. The van der Waals surface area contributed by atoms with Crippen LogP contribution < -0.4 is 10.6 Å². The van der Waals surface area contributed by atoms with Crippen molar-refractivity contribution in [2.45, 2.75) is 26.3 Å². The number of aryl methyl sites for hydroxylation is 1. The Morgan fingerprint density at radius 3 is 2.94 bits per heavy atom. The maximum atomic E-state index is 11.6. The molecule has 1 rings (SSSR count). The highest BCUT2D eigenvalue weighted by molar-refractivity contribution is 5.92. The molecule has 0 radical (unpaired) electrons. The van der Waals surface area contributed by atoms with Crippen LogP contribution in [-0.2, 0) is 4.79 Å². The molecule has 0 bridgehead atoms. The highest BCUT2D eigenvalue weighted by Gasteiger charge is 2.04. The molecule has 0 spiro atoms. The molecule has 90 valence electrons. The van der Waals surface area contributed by atoms with E-state index < -0.39 is 0 Å². The van der Waals surface area contributed by atoms with E-state index in [9.17, 15) is 4.79 Å². The van der Waals surface area contributed by atoms with Crippen molar-refractivity contribution in [3.05, 3.63) is 29.8 Å². The van der Waals surface area contributed by atoms with Crippen LogP contribution >= 0.6 is 0 Å². The van der Waals surface area contributed by atoms with E-state index in [1.54, 1.807) is 0 Å². The summed E-state index contributed by atoms with van der Waals surface area (Å²) in [6, 6.07) is 7.86. The first-order chi connectivity index (χ1) is 8.11. The van der Waals surface area contributed by atoms with Crippen molar-refractivity contribution >= 4 is 11.6 Å². The van der Waals surface area contributed by atoms with E-state index >= 15 is 0 Å². The van der Waals surface area contributed by atoms with Crippen molar-refractivity contribution in [1.29, 1.82) is 0 Å². The third kappa shape index (κ3) is 5.19. The Hall–Kier alpha value is -1.79. The minimum absolute atomic E-state index is 0.0560. The first-order valence-electron chi connectivity index (χ1n) is 5.65. The van der Waals surface area contributed by atoms with Gasteiger partial charge in [0, 0.05) is 18.2 Å². The number of anilines is 1. The molecule has 0 aliphatic rings. The Morgan fingerprint density at radius 2 is 2.29 bits per heavy atom. The number of amides is 1. The number of benzene rings is 1. The van der Waals surface area contributed by atoms with E-state index in [1.807, 2.05) is 38.1 Å². The third-order valence-corrected chi connectivity index (χ3v) is 2.34. The molecule has 1 atom stereocenters. The van der Waals surface area contributed by atoms with E-state index in [1.165, 1.54) is 0 Å². The highest BCUT2D eigenvalue weighted by Crippen LogP contribution is 2.08. The Kier molecular flexibility index (Phi) is 5.25. The average molecular weight is 230 g/mol. The van der Waals surface area contributed by atoms with Crippen molar-refractivity contribution < 1.29 is 4.79 Å². The van der Waals surface area contributed by atoms with Crippen molar-refractivity contribution in [1.82, 2.24) is 5.32 Å². The third-order valence-electron chi connectivity index (χ3n) is 2.34. The lowest BCUT2D eigenvalue weighted by atomic mass is 10.2. The number of hydrogen-bond donors (Lipinski definition) is 2. The van der Waals surface area contributed by atoms with Crippen LogP contribution in [0.15, 0.2) is 24.3 Å². The Bertz CT molecular complexity index is 420. The summed E-state index contributed by atoms with van der Waals surface area (Å²) >= 11 is 0. The van der Waals surface area contributed by atoms with Crippen LogP contribution in [0.5, 0.6) is 0 Å². The normalized spacial score (nSPS) is 11.6. The van der Waals surface area contributed by atoms with E-state index in [0.717, 1.165) is 11.3 Å². The first kappa shape index (κ1) is 13.3. The summed E-state index contributed by atoms with van der Waals surface area (Å²) in [5, 5.41) is 5.89. The van der Waals surface area contributed by atoms with Gasteiger partial charge in [-0.05, 0) is 31.5 Å². The van der Waals surface area contributed by atoms with Crippen molar-refractivity contribution in [3.8, 4) is 12.3 Å². The van der Waals surface area contributed by atoms with Crippen LogP contribution in [0.4, 0.5) is 5.69 Å². The smallest absolute Gasteiger partial charge is 0.238 e. The van der Waals surface area contributed by atoms with E-state index in [4.69, 9.17) is 6.42 Å². The molecule has 1 unspecified atom stereocenters. The SMILES string of the molecule is C#CCC(C)NCC(=O)Nc1cccc(C)c1. The van der Waals surface area contributed by atoms with Crippen molar-refractivity contribution in [2.75, 3.05) is 11.9 Å². The molecule has 0 aliphatic carbocycles. The topological polar surface area (TPSA) is 41.1 Å². The van der Waals surface area contributed by atoms with Gasteiger partial charge in [0.25, 0.3) is 0 Å². The van der Waals surface area contributed by atoms with Gasteiger partial charge in [0.1, 0.15) is 0 Å². The molecule has 0 saturated carbocycles. The molecule has 1 aromatic rings. The standard InChI is InChI=1S/C14H18N2O/c1-4-6-12(3)15-10-14(17)16-13-8-5-7-11(2)9-13/h1,5,7-9,12,15H,6,10H2,2-3H3,(H,16,17). The lowest BCUT2D eigenvalue weighted by Gasteiger charge is -2.11. The number of carbonyl (C=O) groups is 1. The Balaban J connectivity index is 2.38. The number of terminal acetylenes is 1. The highest BCUT2D eigenvalue weighted by atomic mass is 16.1. The Morgan fingerprint density at radius 1 is 1.53 bits per heavy atom. The number of rotatable bonds is 5. The van der Waals surface area contributed by atoms with Crippen LogP contribution in [0.3, 0.4) is 0 Å². The van der Waals surface area contributed by atoms with Gasteiger partial charge in [-0.25, -0.2) is 0 Å². The van der Waals surface area contributed by atoms with Crippen LogP contribution in [0.2, 0.25) is 0 Å². The molecule has 0 fully saturated rings. The van der Waals surface area contributed by atoms with E-state index in [2.05, 4.69) is 16.6 Å². The zero-order valence-corrected chi connectivity index (χ0v) is 10.3. The predicted octanol–water partition coefficient (Wildman–Crippen LogP) is 1.93. The fourth-order valence-corrected chi connectivity index (χ4v) is 1.44.